The van der Waals surface area contributed by atoms with Crippen molar-refractivity contribution in [3.63, 3.8) is 0 Å². The number of hydrogen-bond acceptors (Lipinski definition) is 1. The molecule has 0 aromatic heterocycles. The Morgan fingerprint density at radius 3 is 1.60 bits per heavy atom. The Hall–Kier alpha value is -2.84. The van der Waals surface area contributed by atoms with Gasteiger partial charge in [-0.3, -0.25) is 0 Å². The first-order valence-electron chi connectivity index (χ1n) is 7.51. The van der Waals surface area contributed by atoms with Crippen molar-refractivity contribution in [3.8, 4) is 0 Å². The summed E-state index contributed by atoms with van der Waals surface area (Å²) >= 11 is 5.87. The van der Waals surface area contributed by atoms with Gasteiger partial charge in [-0.1, -0.05) is 92.6 Å². The second kappa shape index (κ2) is 13.6. The highest BCUT2D eigenvalue weighted by atomic mass is 35.5. The molecule has 0 radical (unpaired) electrons. The number of rotatable bonds is 5. The SMILES string of the molecule is C=CC(=O)O.C=CC(Cl)c1ccccc1.C=Cc1ccccc1C=C. The Labute approximate surface area is 155 Å². The van der Waals surface area contributed by atoms with E-state index < -0.39 is 5.97 Å². The molecule has 2 nitrogen and oxygen atoms in total. The van der Waals surface area contributed by atoms with Gasteiger partial charge >= 0.3 is 5.97 Å². The van der Waals surface area contributed by atoms with Gasteiger partial charge in [0.25, 0.3) is 0 Å². The van der Waals surface area contributed by atoms with E-state index in [4.69, 9.17) is 16.7 Å². The molecule has 0 fully saturated rings. The van der Waals surface area contributed by atoms with Gasteiger partial charge in [-0.15, -0.1) is 18.2 Å². The lowest BCUT2D eigenvalue weighted by Crippen LogP contribution is -1.82. The molecule has 3 heteroatoms. The molecule has 1 unspecified atom stereocenters. The summed E-state index contributed by atoms with van der Waals surface area (Å²) in [5.74, 6) is -0.981. The molecule has 2 aromatic rings. The maximum atomic E-state index is 9.25. The van der Waals surface area contributed by atoms with E-state index in [2.05, 4.69) is 26.3 Å². The van der Waals surface area contributed by atoms with Crippen LogP contribution in [0.2, 0.25) is 0 Å². The first kappa shape index (κ1) is 22.2. The van der Waals surface area contributed by atoms with Crippen LogP contribution in [0.1, 0.15) is 22.1 Å². The summed E-state index contributed by atoms with van der Waals surface area (Å²) < 4.78 is 0. The van der Waals surface area contributed by atoms with Gasteiger partial charge in [-0.05, 0) is 16.7 Å². The summed E-state index contributed by atoms with van der Waals surface area (Å²) in [6, 6.07) is 17.9. The fraction of sp³-hybridized carbons (Fsp3) is 0.0455. The third kappa shape index (κ3) is 9.80. The molecule has 1 atom stereocenters. The van der Waals surface area contributed by atoms with Crippen LogP contribution in [0.4, 0.5) is 0 Å². The van der Waals surface area contributed by atoms with E-state index in [0.717, 1.165) is 22.8 Å². The molecule has 2 rings (SSSR count). The zero-order chi connectivity index (χ0) is 19.1. The van der Waals surface area contributed by atoms with E-state index in [9.17, 15) is 4.79 Å². The van der Waals surface area contributed by atoms with Gasteiger partial charge in [0, 0.05) is 6.08 Å². The zero-order valence-corrected chi connectivity index (χ0v) is 14.9. The number of halogens is 1. The minimum atomic E-state index is -0.981. The Kier molecular flexibility index (Phi) is 12.0. The van der Waals surface area contributed by atoms with E-state index >= 15 is 0 Å². The fourth-order valence-electron chi connectivity index (χ4n) is 1.66. The van der Waals surface area contributed by atoms with Crippen molar-refractivity contribution in [1.29, 1.82) is 0 Å². The molecule has 0 bridgehead atoms. The molecule has 0 spiro atoms. The number of carboxylic acid groups (broad SMARTS) is 1. The highest BCUT2D eigenvalue weighted by Gasteiger charge is 1.98. The number of alkyl halides is 1. The topological polar surface area (TPSA) is 37.3 Å². The van der Waals surface area contributed by atoms with E-state index in [1.54, 1.807) is 6.08 Å². The molecule has 0 saturated heterocycles. The van der Waals surface area contributed by atoms with Crippen LogP contribution < -0.4 is 0 Å². The molecule has 0 heterocycles. The summed E-state index contributed by atoms with van der Waals surface area (Å²) in [5, 5.41) is 7.55. The van der Waals surface area contributed by atoms with Gasteiger partial charge in [0.1, 0.15) is 0 Å². The number of carboxylic acids is 1. The lowest BCUT2D eigenvalue weighted by molar-refractivity contribution is -0.131. The zero-order valence-electron chi connectivity index (χ0n) is 14.1. The molecular weight excluding hydrogens is 332 g/mol. The van der Waals surface area contributed by atoms with Gasteiger partial charge in [0.05, 0.1) is 5.38 Å². The summed E-state index contributed by atoms with van der Waals surface area (Å²) in [5.41, 5.74) is 3.37. The minimum absolute atomic E-state index is 0.0544. The molecule has 0 aliphatic heterocycles. The van der Waals surface area contributed by atoms with Crippen LogP contribution in [0.25, 0.3) is 12.2 Å². The predicted octanol–water partition coefficient (Wildman–Crippen LogP) is 6.38. The van der Waals surface area contributed by atoms with E-state index in [-0.39, 0.29) is 5.38 Å². The van der Waals surface area contributed by atoms with Gasteiger partial charge in [-0.25, -0.2) is 4.79 Å². The number of aliphatic carboxylic acids is 1. The van der Waals surface area contributed by atoms with Crippen LogP contribution in [0.3, 0.4) is 0 Å². The van der Waals surface area contributed by atoms with Crippen molar-refractivity contribution in [3.05, 3.63) is 110 Å². The second-order valence-electron chi connectivity index (χ2n) is 4.63. The van der Waals surface area contributed by atoms with Crippen molar-refractivity contribution >= 4 is 29.7 Å². The lowest BCUT2D eigenvalue weighted by Gasteiger charge is -2.01. The maximum Gasteiger partial charge on any atom is 0.327 e. The van der Waals surface area contributed by atoms with Crippen molar-refractivity contribution in [2.45, 2.75) is 5.38 Å². The highest BCUT2D eigenvalue weighted by Crippen LogP contribution is 2.19. The van der Waals surface area contributed by atoms with Crippen LogP contribution in [0, 0.1) is 0 Å². The number of benzene rings is 2. The second-order valence-corrected chi connectivity index (χ2v) is 5.10. The Morgan fingerprint density at radius 1 is 0.880 bits per heavy atom. The van der Waals surface area contributed by atoms with Crippen molar-refractivity contribution in [2.75, 3.05) is 0 Å². The molecule has 0 amide bonds. The van der Waals surface area contributed by atoms with Crippen molar-refractivity contribution in [2.24, 2.45) is 0 Å². The largest absolute Gasteiger partial charge is 0.478 e. The minimum Gasteiger partial charge on any atom is -0.478 e. The highest BCUT2D eigenvalue weighted by molar-refractivity contribution is 6.21. The standard InChI is InChI=1S/C10H10.C9H9Cl.C3H4O2/c1-3-9-7-5-6-8-10(9)4-2;1-2-9(10)8-6-4-3-5-7-8;1-2-3(4)5/h3-8H,1-2H2;2-7,9H,1H2;2H,1H2,(H,4,5). The Morgan fingerprint density at radius 2 is 1.28 bits per heavy atom. The van der Waals surface area contributed by atoms with E-state index in [0.29, 0.717) is 0 Å². The Bertz CT molecular complexity index is 663. The van der Waals surface area contributed by atoms with Crippen molar-refractivity contribution < 1.29 is 9.90 Å². The monoisotopic (exact) mass is 354 g/mol. The normalized spacial score (nSPS) is 9.80. The number of hydrogen-bond donors (Lipinski definition) is 1. The molecule has 0 saturated carbocycles. The van der Waals surface area contributed by atoms with Gasteiger partial charge in [0.15, 0.2) is 0 Å². The summed E-state index contributed by atoms with van der Waals surface area (Å²) in [4.78, 5) is 9.25. The molecule has 2 aromatic carbocycles. The molecule has 0 aliphatic carbocycles. The quantitative estimate of drug-likeness (QED) is 0.384. The van der Waals surface area contributed by atoms with Crippen LogP contribution in [0.15, 0.2) is 93.1 Å². The molecule has 0 aliphatic rings. The van der Waals surface area contributed by atoms with Crippen molar-refractivity contribution in [1.82, 2.24) is 0 Å². The Balaban J connectivity index is 0.000000368. The summed E-state index contributed by atoms with van der Waals surface area (Å²) in [6.45, 7) is 13.9. The smallest absolute Gasteiger partial charge is 0.327 e. The summed E-state index contributed by atoms with van der Waals surface area (Å²) in [7, 11) is 0. The maximum absolute atomic E-state index is 9.25. The molecule has 25 heavy (non-hydrogen) atoms. The van der Waals surface area contributed by atoms with Gasteiger partial charge < -0.3 is 5.11 Å². The first-order chi connectivity index (χ1) is 12.0. The molecular formula is C22H23ClO2. The van der Waals surface area contributed by atoms with Gasteiger partial charge in [-0.2, -0.15) is 0 Å². The van der Waals surface area contributed by atoms with Crippen LogP contribution in [-0.2, 0) is 4.79 Å². The van der Waals surface area contributed by atoms with Gasteiger partial charge in [0.2, 0.25) is 0 Å². The van der Waals surface area contributed by atoms with Crippen LogP contribution >= 0.6 is 11.6 Å². The van der Waals surface area contributed by atoms with E-state index in [1.807, 2.05) is 66.7 Å². The predicted molar refractivity (Wildman–Crippen MR) is 110 cm³/mol. The van der Waals surface area contributed by atoms with E-state index in [1.165, 1.54) is 0 Å². The van der Waals surface area contributed by atoms with Crippen LogP contribution in [-0.4, -0.2) is 11.1 Å². The third-order valence-corrected chi connectivity index (χ3v) is 3.37. The summed E-state index contributed by atoms with van der Waals surface area (Å²) in [6.07, 6.45) is 6.21. The number of allylic oxidation sites excluding steroid dienone is 1. The first-order valence-corrected chi connectivity index (χ1v) is 7.94. The average Bonchev–Trinajstić information content (AvgIpc) is 2.68. The molecule has 130 valence electrons. The molecule has 1 N–H and O–H groups in total. The number of carbonyl (C=O) groups is 1. The van der Waals surface area contributed by atoms with Crippen LogP contribution in [0.5, 0.6) is 0 Å². The lowest BCUT2D eigenvalue weighted by atomic mass is 10.1. The average molecular weight is 355 g/mol. The third-order valence-electron chi connectivity index (χ3n) is 2.94. The fourth-order valence-corrected chi connectivity index (χ4v) is 1.80.